The second-order valence-corrected chi connectivity index (χ2v) is 4.57. The highest BCUT2D eigenvalue weighted by Crippen LogP contribution is 2.32. The van der Waals surface area contributed by atoms with E-state index in [1.165, 1.54) is 0 Å². The van der Waals surface area contributed by atoms with Crippen molar-refractivity contribution in [3.8, 4) is 22.9 Å². The molecule has 0 bridgehead atoms. The van der Waals surface area contributed by atoms with Crippen LogP contribution in [-0.2, 0) is 0 Å². The monoisotopic (exact) mass is 280 g/mol. The zero-order chi connectivity index (χ0) is 14.7. The zero-order valence-corrected chi connectivity index (χ0v) is 11.8. The van der Waals surface area contributed by atoms with Crippen LogP contribution in [0.2, 0.25) is 0 Å². The van der Waals surface area contributed by atoms with Crippen molar-refractivity contribution in [2.24, 2.45) is 0 Å². The highest BCUT2D eigenvalue weighted by molar-refractivity contribution is 5.79. The quantitative estimate of drug-likeness (QED) is 0.723. The number of rotatable bonds is 5. The van der Waals surface area contributed by atoms with Crippen molar-refractivity contribution in [3.63, 3.8) is 0 Å². The first-order valence-corrected chi connectivity index (χ1v) is 6.68. The predicted molar refractivity (Wildman–Crippen MR) is 83.8 cm³/mol. The van der Waals surface area contributed by atoms with Gasteiger partial charge in [-0.25, -0.2) is 4.98 Å². The van der Waals surface area contributed by atoms with Crippen LogP contribution in [0.5, 0.6) is 11.5 Å². The van der Waals surface area contributed by atoms with Crippen LogP contribution in [0.3, 0.4) is 0 Å². The SMILES string of the molecule is C=CCOc1cc(-c2nc3ccccc3[nH]2)ccc1OC. The Balaban J connectivity index is 2.02. The van der Waals surface area contributed by atoms with Crippen molar-refractivity contribution in [2.45, 2.75) is 0 Å². The Hall–Kier alpha value is -2.75. The van der Waals surface area contributed by atoms with Crippen LogP contribution in [0.4, 0.5) is 0 Å². The molecule has 4 heteroatoms. The van der Waals surface area contributed by atoms with Crippen LogP contribution in [0.15, 0.2) is 55.1 Å². The van der Waals surface area contributed by atoms with Crippen LogP contribution in [-0.4, -0.2) is 23.7 Å². The highest BCUT2D eigenvalue weighted by Gasteiger charge is 2.10. The maximum atomic E-state index is 5.63. The fourth-order valence-corrected chi connectivity index (χ4v) is 2.18. The third kappa shape index (κ3) is 2.60. The van der Waals surface area contributed by atoms with Gasteiger partial charge in [0.2, 0.25) is 0 Å². The van der Waals surface area contributed by atoms with Gasteiger partial charge >= 0.3 is 0 Å². The molecule has 1 heterocycles. The van der Waals surface area contributed by atoms with Crippen molar-refractivity contribution in [1.29, 1.82) is 0 Å². The number of fused-ring (bicyclic) bond motifs is 1. The van der Waals surface area contributed by atoms with E-state index < -0.39 is 0 Å². The molecule has 0 atom stereocenters. The number of nitrogens with zero attached hydrogens (tertiary/aromatic N) is 1. The molecule has 0 fully saturated rings. The molecule has 0 aliphatic heterocycles. The molecule has 0 spiro atoms. The maximum Gasteiger partial charge on any atom is 0.162 e. The van der Waals surface area contributed by atoms with Crippen molar-refractivity contribution in [1.82, 2.24) is 9.97 Å². The molecule has 1 N–H and O–H groups in total. The summed E-state index contributed by atoms with van der Waals surface area (Å²) in [5.74, 6) is 2.18. The largest absolute Gasteiger partial charge is 0.493 e. The molecule has 106 valence electrons. The molecule has 4 nitrogen and oxygen atoms in total. The first kappa shape index (κ1) is 13.2. The summed E-state index contributed by atoms with van der Waals surface area (Å²) in [5.41, 5.74) is 2.90. The summed E-state index contributed by atoms with van der Waals surface area (Å²) < 4.78 is 10.9. The Morgan fingerprint density at radius 2 is 2.05 bits per heavy atom. The molecule has 0 radical (unpaired) electrons. The normalized spacial score (nSPS) is 10.5. The number of para-hydroxylation sites is 2. The number of aromatic nitrogens is 2. The Morgan fingerprint density at radius 1 is 1.19 bits per heavy atom. The summed E-state index contributed by atoms with van der Waals surface area (Å²) >= 11 is 0. The van der Waals surface area contributed by atoms with Crippen molar-refractivity contribution in [3.05, 3.63) is 55.1 Å². The molecule has 3 aromatic rings. The Kier molecular flexibility index (Phi) is 3.60. The van der Waals surface area contributed by atoms with E-state index in [0.717, 1.165) is 22.4 Å². The number of ether oxygens (including phenoxy) is 2. The van der Waals surface area contributed by atoms with Crippen LogP contribution in [0.25, 0.3) is 22.4 Å². The first-order valence-electron chi connectivity index (χ1n) is 6.68. The van der Waals surface area contributed by atoms with Crippen molar-refractivity contribution < 1.29 is 9.47 Å². The number of hydrogen-bond acceptors (Lipinski definition) is 3. The molecule has 0 saturated heterocycles. The Labute approximate surface area is 123 Å². The van der Waals surface area contributed by atoms with Gasteiger partial charge in [-0.1, -0.05) is 24.8 Å². The average Bonchev–Trinajstić information content (AvgIpc) is 2.96. The Morgan fingerprint density at radius 3 is 2.81 bits per heavy atom. The topological polar surface area (TPSA) is 47.1 Å². The van der Waals surface area contributed by atoms with Crippen LogP contribution < -0.4 is 9.47 Å². The third-order valence-electron chi connectivity index (χ3n) is 3.18. The minimum Gasteiger partial charge on any atom is -0.493 e. The number of hydrogen-bond donors (Lipinski definition) is 1. The van der Waals surface area contributed by atoms with Gasteiger partial charge in [0.1, 0.15) is 12.4 Å². The summed E-state index contributed by atoms with van der Waals surface area (Å²) in [7, 11) is 1.62. The third-order valence-corrected chi connectivity index (χ3v) is 3.18. The number of imidazole rings is 1. The summed E-state index contributed by atoms with van der Waals surface area (Å²) in [5, 5.41) is 0. The Bertz CT molecular complexity index is 744. The fraction of sp³-hybridized carbons (Fsp3) is 0.118. The van der Waals surface area contributed by atoms with E-state index in [4.69, 9.17) is 9.47 Å². The van der Waals surface area contributed by atoms with E-state index in [1.807, 2.05) is 42.5 Å². The van der Waals surface area contributed by atoms with E-state index in [0.29, 0.717) is 18.1 Å². The van der Waals surface area contributed by atoms with Crippen LogP contribution >= 0.6 is 0 Å². The number of benzene rings is 2. The summed E-state index contributed by atoms with van der Waals surface area (Å²) in [6, 6.07) is 13.7. The molecule has 3 rings (SSSR count). The van der Waals surface area contributed by atoms with E-state index in [2.05, 4.69) is 16.5 Å². The van der Waals surface area contributed by atoms with E-state index in [9.17, 15) is 0 Å². The minimum atomic E-state index is 0.430. The van der Waals surface area contributed by atoms with Gasteiger partial charge in [-0.3, -0.25) is 0 Å². The molecule has 21 heavy (non-hydrogen) atoms. The average molecular weight is 280 g/mol. The molecule has 0 unspecified atom stereocenters. The van der Waals surface area contributed by atoms with Crippen molar-refractivity contribution >= 4 is 11.0 Å². The second kappa shape index (κ2) is 5.71. The molecule has 1 aromatic heterocycles. The molecular weight excluding hydrogens is 264 g/mol. The van der Waals surface area contributed by atoms with E-state index in [-0.39, 0.29) is 0 Å². The minimum absolute atomic E-state index is 0.430. The summed E-state index contributed by atoms with van der Waals surface area (Å²) in [6.07, 6.45) is 1.70. The van der Waals surface area contributed by atoms with Gasteiger partial charge in [0, 0.05) is 5.56 Å². The van der Waals surface area contributed by atoms with Gasteiger partial charge < -0.3 is 14.5 Å². The lowest BCUT2D eigenvalue weighted by atomic mass is 10.2. The first-order chi connectivity index (χ1) is 10.3. The predicted octanol–water partition coefficient (Wildman–Crippen LogP) is 3.80. The number of H-pyrrole nitrogens is 1. The molecule has 0 aliphatic rings. The molecule has 0 saturated carbocycles. The lowest BCUT2D eigenvalue weighted by Crippen LogP contribution is -1.96. The van der Waals surface area contributed by atoms with Crippen molar-refractivity contribution in [2.75, 3.05) is 13.7 Å². The lowest BCUT2D eigenvalue weighted by Gasteiger charge is -2.10. The van der Waals surface area contributed by atoms with Gasteiger partial charge in [-0.05, 0) is 30.3 Å². The van der Waals surface area contributed by atoms with Crippen LogP contribution in [0.1, 0.15) is 0 Å². The molecule has 0 amide bonds. The lowest BCUT2D eigenvalue weighted by molar-refractivity contribution is 0.326. The second-order valence-electron chi connectivity index (χ2n) is 4.57. The number of aromatic amines is 1. The van der Waals surface area contributed by atoms with Gasteiger partial charge in [0.15, 0.2) is 11.5 Å². The molecular formula is C17H16N2O2. The van der Waals surface area contributed by atoms with E-state index >= 15 is 0 Å². The summed E-state index contributed by atoms with van der Waals surface area (Å²) in [4.78, 5) is 7.89. The molecule has 2 aromatic carbocycles. The molecule has 0 aliphatic carbocycles. The van der Waals surface area contributed by atoms with Gasteiger partial charge in [-0.15, -0.1) is 0 Å². The van der Waals surface area contributed by atoms with Gasteiger partial charge in [-0.2, -0.15) is 0 Å². The number of methoxy groups -OCH3 is 1. The smallest absolute Gasteiger partial charge is 0.162 e. The van der Waals surface area contributed by atoms with Crippen LogP contribution in [0, 0.1) is 0 Å². The standard InChI is InChI=1S/C17H16N2O2/c1-3-10-21-16-11-12(8-9-15(16)20-2)17-18-13-6-4-5-7-14(13)19-17/h3-9,11H,1,10H2,2H3,(H,18,19). The fourth-order valence-electron chi connectivity index (χ4n) is 2.18. The van der Waals surface area contributed by atoms with Gasteiger partial charge in [0.25, 0.3) is 0 Å². The summed E-state index contributed by atoms with van der Waals surface area (Å²) in [6.45, 7) is 4.09. The van der Waals surface area contributed by atoms with Gasteiger partial charge in [0.05, 0.1) is 18.1 Å². The van der Waals surface area contributed by atoms with E-state index in [1.54, 1.807) is 13.2 Å². The maximum absolute atomic E-state index is 5.63. The highest BCUT2D eigenvalue weighted by atomic mass is 16.5. The number of nitrogens with one attached hydrogen (secondary N) is 1. The zero-order valence-electron chi connectivity index (χ0n) is 11.8.